The highest BCUT2D eigenvalue weighted by molar-refractivity contribution is 7.91. The van der Waals surface area contributed by atoms with Crippen molar-refractivity contribution < 1.29 is 13.3 Å². The summed E-state index contributed by atoms with van der Waals surface area (Å²) in [5, 5.41) is 0. The number of sulfone groups is 1. The van der Waals surface area contributed by atoms with E-state index in [2.05, 4.69) is 0 Å². The van der Waals surface area contributed by atoms with Crippen LogP contribution in [0.5, 0.6) is 0 Å². The molecular weight excluding hydrogens is 259 g/mol. The zero-order valence-corrected chi connectivity index (χ0v) is 11.9. The average molecular weight is 278 g/mol. The summed E-state index contributed by atoms with van der Waals surface area (Å²) in [5.74, 6) is 0.112. The normalized spacial score (nSPS) is 13.9. The van der Waals surface area contributed by atoms with E-state index in [9.17, 15) is 8.42 Å². The van der Waals surface area contributed by atoms with E-state index in [1.54, 1.807) is 13.8 Å². The van der Waals surface area contributed by atoms with Crippen molar-refractivity contribution in [1.82, 2.24) is 3.94 Å². The zero-order chi connectivity index (χ0) is 12.3. The van der Waals surface area contributed by atoms with Crippen LogP contribution in [0.3, 0.4) is 0 Å². The molecule has 4 nitrogen and oxygen atoms in total. The van der Waals surface area contributed by atoms with Crippen molar-refractivity contribution in [1.29, 1.82) is 0 Å². The lowest BCUT2D eigenvalue weighted by Crippen LogP contribution is -3.06. The fourth-order valence-electron chi connectivity index (χ4n) is 1.02. The van der Waals surface area contributed by atoms with E-state index in [1.807, 2.05) is 14.1 Å². The SMILES string of the molecule is C[NH+](C)CCS(=O)(=O)CC(C)(C)N(Cl)Cl. The molecule has 0 aliphatic carbocycles. The number of nitrogens with one attached hydrogen (secondary N) is 1. The van der Waals surface area contributed by atoms with Crippen molar-refractivity contribution in [3.63, 3.8) is 0 Å². The van der Waals surface area contributed by atoms with Crippen LogP contribution in [0.1, 0.15) is 13.8 Å². The molecule has 0 heterocycles. The molecule has 0 aromatic carbocycles. The highest BCUT2D eigenvalue weighted by Crippen LogP contribution is 2.21. The molecule has 1 N–H and O–H groups in total. The predicted molar refractivity (Wildman–Crippen MR) is 64.0 cm³/mol. The van der Waals surface area contributed by atoms with E-state index in [-0.39, 0.29) is 11.5 Å². The fourth-order valence-corrected chi connectivity index (χ4v) is 3.35. The molecule has 15 heavy (non-hydrogen) atoms. The summed E-state index contributed by atoms with van der Waals surface area (Å²) in [6.07, 6.45) is 0. The van der Waals surface area contributed by atoms with Gasteiger partial charge in [-0.3, -0.25) is 0 Å². The van der Waals surface area contributed by atoms with Crippen molar-refractivity contribution in [3.8, 4) is 0 Å². The molecule has 0 amide bonds. The summed E-state index contributed by atoms with van der Waals surface area (Å²) >= 11 is 11.1. The second kappa shape index (κ2) is 5.68. The summed E-state index contributed by atoms with van der Waals surface area (Å²) in [6.45, 7) is 3.96. The Morgan fingerprint density at radius 1 is 1.27 bits per heavy atom. The van der Waals surface area contributed by atoms with Crippen LogP contribution < -0.4 is 4.90 Å². The Bertz CT molecular complexity index is 289. The van der Waals surface area contributed by atoms with Gasteiger partial charge >= 0.3 is 0 Å². The number of quaternary nitrogens is 1. The van der Waals surface area contributed by atoms with Crippen LogP contribution >= 0.6 is 23.6 Å². The maximum absolute atomic E-state index is 11.7. The van der Waals surface area contributed by atoms with Gasteiger partial charge in [0.1, 0.15) is 0 Å². The van der Waals surface area contributed by atoms with Crippen LogP contribution in [0, 0.1) is 0 Å². The van der Waals surface area contributed by atoms with Crippen molar-refractivity contribution >= 4 is 33.4 Å². The molecule has 0 aromatic heterocycles. The lowest BCUT2D eigenvalue weighted by Gasteiger charge is -2.26. The first-order valence-corrected chi connectivity index (χ1v) is 7.18. The first kappa shape index (κ1) is 15.4. The minimum Gasteiger partial charge on any atom is -0.339 e. The van der Waals surface area contributed by atoms with Crippen LogP contribution in [0.2, 0.25) is 0 Å². The minimum absolute atomic E-state index is 0.0414. The van der Waals surface area contributed by atoms with Gasteiger partial charge in [-0.1, -0.05) is 0 Å². The van der Waals surface area contributed by atoms with Gasteiger partial charge in [0.2, 0.25) is 0 Å². The molecule has 0 spiro atoms. The van der Waals surface area contributed by atoms with Crippen molar-refractivity contribution in [2.75, 3.05) is 32.1 Å². The molecule has 0 radical (unpaired) electrons. The highest BCUT2D eigenvalue weighted by atomic mass is 35.5. The van der Waals surface area contributed by atoms with E-state index >= 15 is 0 Å². The third-order valence-corrected chi connectivity index (χ3v) is 4.83. The maximum Gasteiger partial charge on any atom is 0.157 e. The predicted octanol–water partition coefficient (Wildman–Crippen LogP) is -0.0661. The van der Waals surface area contributed by atoms with Crippen LogP contribution in [-0.2, 0) is 9.84 Å². The Labute approximate surface area is 102 Å². The molecule has 0 saturated heterocycles. The number of hydrogen-bond donors (Lipinski definition) is 1. The Kier molecular flexibility index (Phi) is 5.85. The van der Waals surface area contributed by atoms with Crippen LogP contribution in [0.4, 0.5) is 0 Å². The van der Waals surface area contributed by atoms with E-state index in [0.29, 0.717) is 6.54 Å². The Hall–Kier alpha value is 0.450. The molecule has 0 fully saturated rings. The third kappa shape index (κ3) is 6.58. The molecule has 0 saturated carbocycles. The molecule has 0 unspecified atom stereocenters. The lowest BCUT2D eigenvalue weighted by atomic mass is 10.1. The highest BCUT2D eigenvalue weighted by Gasteiger charge is 2.31. The zero-order valence-electron chi connectivity index (χ0n) is 9.55. The molecule has 0 atom stereocenters. The minimum atomic E-state index is -3.11. The molecule has 0 aliphatic rings. The summed E-state index contributed by atoms with van der Waals surface area (Å²) in [7, 11) is 0.715. The van der Waals surface area contributed by atoms with Crippen molar-refractivity contribution in [2.45, 2.75) is 19.4 Å². The topological polar surface area (TPSA) is 41.8 Å². The smallest absolute Gasteiger partial charge is 0.157 e. The molecule has 92 valence electrons. The average Bonchev–Trinajstić information content (AvgIpc) is 1.99. The third-order valence-electron chi connectivity index (χ3n) is 1.94. The van der Waals surface area contributed by atoms with Gasteiger partial charge in [0.05, 0.1) is 37.7 Å². The molecule has 7 heteroatoms. The van der Waals surface area contributed by atoms with Gasteiger partial charge in [-0.05, 0) is 37.4 Å². The van der Waals surface area contributed by atoms with Gasteiger partial charge in [0.15, 0.2) is 9.84 Å². The monoisotopic (exact) mass is 277 g/mol. The molecule has 0 aromatic rings. The Morgan fingerprint density at radius 2 is 1.73 bits per heavy atom. The Balaban J connectivity index is 4.39. The summed E-state index contributed by atoms with van der Waals surface area (Å²) in [5.41, 5.74) is -0.760. The van der Waals surface area contributed by atoms with Gasteiger partial charge in [-0.15, -0.1) is 3.94 Å². The van der Waals surface area contributed by atoms with Gasteiger partial charge in [-0.25, -0.2) is 8.42 Å². The summed E-state index contributed by atoms with van der Waals surface area (Å²) in [4.78, 5) is 1.10. The first-order chi connectivity index (χ1) is 6.57. The van der Waals surface area contributed by atoms with Crippen molar-refractivity contribution in [3.05, 3.63) is 0 Å². The number of hydrogen-bond acceptors (Lipinski definition) is 3. The van der Waals surface area contributed by atoms with Gasteiger partial charge in [-0.2, -0.15) is 0 Å². The second-order valence-corrected chi connectivity index (χ2v) is 7.63. The first-order valence-electron chi connectivity index (χ1n) is 4.68. The van der Waals surface area contributed by atoms with E-state index in [1.165, 1.54) is 0 Å². The fraction of sp³-hybridized carbons (Fsp3) is 1.00. The van der Waals surface area contributed by atoms with Crippen LogP contribution in [-0.4, -0.2) is 50.0 Å². The molecule has 0 aliphatic heterocycles. The molecule has 0 rings (SSSR count). The van der Waals surface area contributed by atoms with E-state index in [4.69, 9.17) is 23.6 Å². The Morgan fingerprint density at radius 3 is 2.07 bits per heavy atom. The van der Waals surface area contributed by atoms with Gasteiger partial charge < -0.3 is 4.90 Å². The summed E-state index contributed by atoms with van der Waals surface area (Å²) in [6, 6.07) is 0. The quantitative estimate of drug-likeness (QED) is 0.692. The van der Waals surface area contributed by atoms with Crippen LogP contribution in [0.25, 0.3) is 0 Å². The van der Waals surface area contributed by atoms with E-state index in [0.717, 1.165) is 8.84 Å². The van der Waals surface area contributed by atoms with Gasteiger partial charge in [0, 0.05) is 0 Å². The summed E-state index contributed by atoms with van der Waals surface area (Å²) < 4.78 is 24.3. The number of rotatable bonds is 6. The second-order valence-electron chi connectivity index (χ2n) is 4.59. The number of nitrogens with zero attached hydrogens (tertiary/aromatic N) is 1. The largest absolute Gasteiger partial charge is 0.339 e. The number of halogens is 2. The van der Waals surface area contributed by atoms with Gasteiger partial charge in [0.25, 0.3) is 0 Å². The lowest BCUT2D eigenvalue weighted by molar-refractivity contribution is -0.855. The molecular formula is C8H19Cl2N2O2S+. The standard InChI is InChI=1S/C8H18Cl2N2O2S/c1-8(2,12(9)10)7-15(13,14)6-5-11(3)4/h5-7H2,1-4H3/p+1. The van der Waals surface area contributed by atoms with E-state index < -0.39 is 15.4 Å². The molecule has 0 bridgehead atoms. The van der Waals surface area contributed by atoms with Crippen molar-refractivity contribution in [2.24, 2.45) is 0 Å². The maximum atomic E-state index is 11.7. The van der Waals surface area contributed by atoms with Crippen LogP contribution in [0.15, 0.2) is 0 Å².